The summed E-state index contributed by atoms with van der Waals surface area (Å²) >= 11 is 0. The highest BCUT2D eigenvalue weighted by molar-refractivity contribution is 8.77. The second-order valence-electron chi connectivity index (χ2n) is 25.6. The molecule has 16 amide bonds. The van der Waals surface area contributed by atoms with Crippen molar-refractivity contribution < 1.29 is 81.8 Å². The standard InChI is InChI=1S/C64H95N25O17S4/c1-32-52(95)86-44-27-108-110-29-46(87-56(99)38(12-7-15-73-64(69)70)80-49(92)23-74-53(96)36(66)20-48(67)91)61(104)88-45(60(103)83-41(19-35-22-72-31-77-35)63(106)89-16-8-13-47(89)62(105)78-32)28-109-107-26-43(51(68)94)85-59(102)42(25-90)84-57(100)39(17-33-9-3-2-4-10-33)81-58(101)40(18-34-21-71-30-76-34)82-55(98)37(11-5-6-14-65)79-50(93)24-75-54(44)97/h2-4,9-10,21-22,30-32,36-47,90H,5-8,11-20,23-29,65-66H2,1H3,(H2,67,91)(H2,68,94)(H,71,76)(H,72,77)(H,74,96)(H,75,97)(H,78,105)(H,79,93)(H,80,92)(H,81,101)(H,82,98)(H,83,103)(H,84,100)(H,85,102)(H,86,95)(H,87,99)(H,88,104)(H4,69,70,73)/t32-,36-,37-,38-,39-,40-,41-,42-,43-,44-,45-,46-,47-/m0/s1. The first-order valence-electron chi connectivity index (χ1n) is 34.9. The number of amides is 16. The highest BCUT2D eigenvalue weighted by atomic mass is 33.1. The number of nitrogens with two attached hydrogens (primary N) is 5. The lowest BCUT2D eigenvalue weighted by Crippen LogP contribution is -2.61. The summed E-state index contributed by atoms with van der Waals surface area (Å²) in [7, 11) is 3.30. The molecule has 3 aromatic rings. The van der Waals surface area contributed by atoms with Crippen LogP contribution in [0.25, 0.3) is 0 Å². The molecule has 0 aliphatic carbocycles. The number of aliphatic hydroxyl groups excluding tert-OH is 1. The van der Waals surface area contributed by atoms with E-state index in [0.29, 0.717) is 12.0 Å². The van der Waals surface area contributed by atoms with Gasteiger partial charge in [0.25, 0.3) is 0 Å². The fourth-order valence-electron chi connectivity index (χ4n) is 11.1. The zero-order valence-corrected chi connectivity index (χ0v) is 63.2. The zero-order chi connectivity index (χ0) is 80.4. The van der Waals surface area contributed by atoms with E-state index in [2.05, 4.69) is 94.4 Å². The number of nitrogens with zero attached hydrogens (tertiary/aromatic N) is 3. The fraction of sp³-hybridized carbons (Fsp3) is 0.547. The number of aliphatic hydroxyl groups is 1. The van der Waals surface area contributed by atoms with Gasteiger partial charge in [0.2, 0.25) is 94.5 Å². The maximum Gasteiger partial charge on any atom is 0.246 e. The van der Waals surface area contributed by atoms with Crippen molar-refractivity contribution >= 4 is 144 Å². The number of hydrogen-bond acceptors (Lipinski definition) is 26. The lowest BCUT2D eigenvalue weighted by Gasteiger charge is -2.31. The quantitative estimate of drug-likeness (QED) is 0.0171. The van der Waals surface area contributed by atoms with Crippen molar-refractivity contribution in [3.8, 4) is 0 Å². The number of carbonyl (C=O) groups excluding carboxylic acids is 16. The van der Waals surface area contributed by atoms with E-state index in [9.17, 15) is 72.2 Å². The number of fused-ring (bicyclic) bond motifs is 9. The number of unbranched alkanes of at least 4 members (excludes halogenated alkanes) is 1. The Balaban J connectivity index is 1.45. The Bertz CT molecular complexity index is 3700. The minimum atomic E-state index is -1.83. The van der Waals surface area contributed by atoms with E-state index in [0.717, 1.165) is 43.2 Å². The largest absolute Gasteiger partial charge is 0.394 e. The number of primary amides is 2. The van der Waals surface area contributed by atoms with Crippen molar-refractivity contribution in [2.75, 3.05) is 62.3 Å². The van der Waals surface area contributed by atoms with Crippen LogP contribution in [0.2, 0.25) is 0 Å². The Hall–Kier alpha value is -10.3. The molecule has 3 aliphatic rings. The average molecular weight is 1610 g/mol. The van der Waals surface area contributed by atoms with Crippen LogP contribution in [0.1, 0.15) is 75.2 Å². The van der Waals surface area contributed by atoms with Crippen LogP contribution in [0.4, 0.5) is 0 Å². The third-order valence-electron chi connectivity index (χ3n) is 17.0. The normalized spacial score (nSPS) is 24.4. The summed E-state index contributed by atoms with van der Waals surface area (Å²) in [5, 5.41) is 53.8. The molecule has 3 saturated heterocycles. The summed E-state index contributed by atoms with van der Waals surface area (Å²) in [5.41, 5.74) is 29.1. The third-order valence-corrected chi connectivity index (χ3v) is 21.9. The van der Waals surface area contributed by atoms with Gasteiger partial charge in [-0.3, -0.25) is 82.1 Å². The van der Waals surface area contributed by atoms with E-state index in [1.807, 2.05) is 0 Å². The highest BCUT2D eigenvalue weighted by Gasteiger charge is 2.42. The summed E-state index contributed by atoms with van der Waals surface area (Å²) in [6, 6.07) is -12.0. The van der Waals surface area contributed by atoms with E-state index >= 15 is 9.59 Å². The summed E-state index contributed by atoms with van der Waals surface area (Å²) in [6.07, 6.45) is 4.71. The topological polar surface area (TPSA) is 676 Å². The summed E-state index contributed by atoms with van der Waals surface area (Å²) in [4.78, 5) is 241. The highest BCUT2D eigenvalue weighted by Crippen LogP contribution is 2.27. The number of benzene rings is 1. The zero-order valence-electron chi connectivity index (χ0n) is 59.9. The van der Waals surface area contributed by atoms with Crippen LogP contribution in [-0.4, -0.2) is 271 Å². The van der Waals surface area contributed by atoms with Gasteiger partial charge in [0, 0.05) is 67.8 Å². The Morgan fingerprint density at radius 2 is 1.23 bits per heavy atom. The molecule has 1 aromatic carbocycles. The van der Waals surface area contributed by atoms with Crippen LogP contribution in [0.5, 0.6) is 0 Å². The maximum atomic E-state index is 15.2. The van der Waals surface area contributed by atoms with Gasteiger partial charge in [0.05, 0.1) is 56.2 Å². The second-order valence-corrected chi connectivity index (χ2v) is 30.7. The van der Waals surface area contributed by atoms with Crippen molar-refractivity contribution in [2.24, 2.45) is 28.7 Å². The van der Waals surface area contributed by atoms with E-state index in [4.69, 9.17) is 34.1 Å². The fourth-order valence-corrected chi connectivity index (χ4v) is 15.8. The van der Waals surface area contributed by atoms with Crippen molar-refractivity contribution in [2.45, 2.75) is 156 Å². The maximum absolute atomic E-state index is 15.2. The van der Waals surface area contributed by atoms with Crippen LogP contribution < -0.4 is 103 Å². The molecule has 0 unspecified atom stereocenters. The smallest absolute Gasteiger partial charge is 0.246 e. The Labute approximate surface area is 646 Å². The molecule has 6 rings (SSSR count). The van der Waals surface area contributed by atoms with Gasteiger partial charge in [0.1, 0.15) is 72.5 Å². The molecular weight excluding hydrogens is 1520 g/mol. The summed E-state index contributed by atoms with van der Waals surface area (Å²) in [6.45, 7) is -1.32. The molecule has 46 heteroatoms. The predicted molar refractivity (Wildman–Crippen MR) is 402 cm³/mol. The van der Waals surface area contributed by atoms with Gasteiger partial charge >= 0.3 is 0 Å². The second kappa shape index (κ2) is 45.6. The Morgan fingerprint density at radius 1 is 0.636 bits per heavy atom. The molecule has 42 nitrogen and oxygen atoms in total. The van der Waals surface area contributed by atoms with Crippen LogP contribution in [-0.2, 0) is 96.0 Å². The van der Waals surface area contributed by atoms with Crippen LogP contribution >= 0.6 is 43.2 Å². The third kappa shape index (κ3) is 29.6. The number of nitrogens with one attached hydrogen (secondary N) is 17. The molecule has 5 heterocycles. The number of guanidine groups is 1. The number of H-pyrrole nitrogens is 2. The average Bonchev–Trinajstić information content (AvgIpc) is 1.60. The number of aromatic amines is 2. The minimum absolute atomic E-state index is 0.0220. The molecule has 28 N–H and O–H groups in total. The first-order valence-corrected chi connectivity index (χ1v) is 39.9. The van der Waals surface area contributed by atoms with E-state index in [-0.39, 0.29) is 88.8 Å². The number of carbonyl (C=O) groups is 16. The van der Waals surface area contributed by atoms with Crippen LogP contribution in [0, 0.1) is 5.41 Å². The number of imidazole rings is 2. The SMILES string of the molecule is C[C@@H]1NC(=O)[C@@H]2CCCN2C(=O)[C@H](Cc2c[nH]cn2)NC(=O)[C@@H]2CSSC[C@@H](C(N)=O)NC(=O)[C@H](CO)NC(=O)[C@H](Cc3ccccc3)NC(=O)[C@H](Cc3c[nH]cn3)NC(=O)[C@H](CCCCN)NC(=O)CNC(=O)[C@H](CSSC[C@H](NC(=O)[C@H](CCCNC(=N)N)NC(=O)CNC(=O)[C@@H](N)CC(N)=O)C(=O)N2)NC1=O. The summed E-state index contributed by atoms with van der Waals surface area (Å²) in [5.74, 6) is -17.9. The first-order chi connectivity index (χ1) is 52.5. The molecule has 110 heavy (non-hydrogen) atoms. The number of aromatic nitrogens is 4. The Kier molecular flexibility index (Phi) is 36.8. The molecule has 602 valence electrons. The first kappa shape index (κ1) is 88.6. The number of rotatable bonds is 24. The van der Waals surface area contributed by atoms with Crippen molar-refractivity contribution in [3.05, 3.63) is 72.3 Å². The molecule has 3 aliphatic heterocycles. The van der Waals surface area contributed by atoms with Gasteiger partial charge < -0.3 is 123 Å². The molecule has 2 aromatic heterocycles. The van der Waals surface area contributed by atoms with Crippen LogP contribution in [0.15, 0.2) is 55.4 Å². The lowest BCUT2D eigenvalue weighted by atomic mass is 10.0. The molecular formula is C64H95N25O17S4. The van der Waals surface area contributed by atoms with Gasteiger partial charge in [-0.05, 0) is 64.0 Å². The number of hydrogen-bond donors (Lipinski definition) is 23. The monoisotopic (exact) mass is 1610 g/mol. The Morgan fingerprint density at radius 3 is 1.85 bits per heavy atom. The molecule has 0 radical (unpaired) electrons. The van der Waals surface area contributed by atoms with Crippen LogP contribution in [0.3, 0.4) is 0 Å². The van der Waals surface area contributed by atoms with Gasteiger partial charge in [-0.25, -0.2) is 9.97 Å². The van der Waals surface area contributed by atoms with E-state index in [1.54, 1.807) is 30.3 Å². The lowest BCUT2D eigenvalue weighted by molar-refractivity contribution is -0.142. The van der Waals surface area contributed by atoms with Gasteiger partial charge in [-0.15, -0.1) is 0 Å². The molecule has 0 saturated carbocycles. The van der Waals surface area contributed by atoms with Crippen molar-refractivity contribution in [1.82, 2.24) is 99.3 Å². The molecule has 3 fully saturated rings. The molecule has 2 bridgehead atoms. The van der Waals surface area contributed by atoms with Gasteiger partial charge in [-0.2, -0.15) is 0 Å². The predicted octanol–water partition coefficient (Wildman–Crippen LogP) is -9.40. The van der Waals surface area contributed by atoms with Crippen molar-refractivity contribution in [1.29, 1.82) is 5.41 Å². The minimum Gasteiger partial charge on any atom is -0.394 e. The van der Waals surface area contributed by atoms with E-state index < -0.39 is 228 Å². The summed E-state index contributed by atoms with van der Waals surface area (Å²) < 4.78 is 0. The molecule has 0 spiro atoms. The van der Waals surface area contributed by atoms with Gasteiger partial charge in [0.15, 0.2) is 5.96 Å². The van der Waals surface area contributed by atoms with Gasteiger partial charge in [-0.1, -0.05) is 73.5 Å². The van der Waals surface area contributed by atoms with E-state index in [1.165, 1.54) is 36.9 Å². The molecule has 13 atom stereocenters. The van der Waals surface area contributed by atoms with Crippen molar-refractivity contribution in [3.63, 3.8) is 0 Å².